The number of piperazine rings is 1. The lowest BCUT2D eigenvalue weighted by molar-refractivity contribution is -0.193. The summed E-state index contributed by atoms with van der Waals surface area (Å²) in [6, 6.07) is 8.34. The van der Waals surface area contributed by atoms with E-state index >= 15 is 0 Å². The van der Waals surface area contributed by atoms with Gasteiger partial charge in [0.2, 0.25) is 5.91 Å². The maximum Gasteiger partial charge on any atom is 0.240 e. The number of hydrogen-bond acceptors (Lipinski definition) is 8. The summed E-state index contributed by atoms with van der Waals surface area (Å²) in [6.07, 6.45) is 7.54. The third-order valence-electron chi connectivity index (χ3n) is 6.66. The van der Waals surface area contributed by atoms with E-state index in [1.165, 1.54) is 15.4 Å². The summed E-state index contributed by atoms with van der Waals surface area (Å²) < 4.78 is 14.5. The third-order valence-corrected chi connectivity index (χ3v) is 8.44. The molecule has 5 heterocycles. The predicted octanol–water partition coefficient (Wildman–Crippen LogP) is 3.63. The van der Waals surface area contributed by atoms with Gasteiger partial charge in [-0.2, -0.15) is 0 Å². The number of aryl methyl sites for hydroxylation is 1. The fraction of sp³-hybridized carbons (Fsp3) is 0.500. The van der Waals surface area contributed by atoms with E-state index in [0.717, 1.165) is 25.9 Å². The number of aromatic nitrogens is 1. The molecule has 1 spiro atoms. The molecule has 9 heteroatoms. The minimum absolute atomic E-state index is 0.111. The molecule has 2 aromatic rings. The minimum Gasteiger partial charge on any atom is -0.380 e. The van der Waals surface area contributed by atoms with Crippen LogP contribution in [-0.2, 0) is 14.3 Å². The lowest BCUT2D eigenvalue weighted by atomic mass is 9.91. The van der Waals surface area contributed by atoms with Crippen molar-refractivity contribution in [2.24, 2.45) is 0 Å². The van der Waals surface area contributed by atoms with Crippen LogP contribution in [-0.4, -0.2) is 77.9 Å². The second-order valence-corrected chi connectivity index (χ2v) is 11.3. The van der Waals surface area contributed by atoms with E-state index < -0.39 is 5.72 Å². The fourth-order valence-electron chi connectivity index (χ4n) is 5.09. The van der Waals surface area contributed by atoms with Crippen LogP contribution in [0.4, 0.5) is 5.69 Å². The van der Waals surface area contributed by atoms with Crippen molar-refractivity contribution in [2.75, 3.05) is 51.3 Å². The molecule has 3 fully saturated rings. The number of ether oxygens (including phenoxy) is 2. The van der Waals surface area contributed by atoms with Crippen molar-refractivity contribution >= 4 is 41.0 Å². The lowest BCUT2D eigenvalue weighted by Gasteiger charge is -2.44. The number of pyridine rings is 1. The molecule has 3 aliphatic rings. The Bertz CT molecular complexity index is 1010. The summed E-state index contributed by atoms with van der Waals surface area (Å²) in [5.74, 6) is 0.111. The largest absolute Gasteiger partial charge is 0.380 e. The molecular formula is C24H30N4O3S2. The highest BCUT2D eigenvalue weighted by atomic mass is 32.2. The second kappa shape index (κ2) is 9.38. The zero-order valence-corrected chi connectivity index (χ0v) is 20.7. The summed E-state index contributed by atoms with van der Waals surface area (Å²) in [5.41, 5.74) is 0.139. The Kier molecular flexibility index (Phi) is 6.50. The number of anilines is 1. The Morgan fingerprint density at radius 1 is 1.21 bits per heavy atom. The van der Waals surface area contributed by atoms with Gasteiger partial charge < -0.3 is 19.3 Å². The first-order valence-corrected chi connectivity index (χ1v) is 13.0. The van der Waals surface area contributed by atoms with Crippen LogP contribution in [0.3, 0.4) is 0 Å². The molecule has 1 unspecified atom stereocenters. The van der Waals surface area contributed by atoms with Gasteiger partial charge in [0.15, 0.2) is 5.72 Å². The van der Waals surface area contributed by atoms with Crippen molar-refractivity contribution < 1.29 is 14.3 Å². The number of nitrogens with zero attached hydrogens (tertiary/aromatic N) is 4. The summed E-state index contributed by atoms with van der Waals surface area (Å²) in [4.78, 5) is 24.2. The molecule has 0 radical (unpaired) electrons. The number of rotatable bonds is 6. The number of methoxy groups -OCH3 is 1. The van der Waals surface area contributed by atoms with Crippen LogP contribution in [0.5, 0.6) is 0 Å². The molecular weight excluding hydrogens is 456 g/mol. The quantitative estimate of drug-likeness (QED) is 0.578. The van der Waals surface area contributed by atoms with Gasteiger partial charge in [-0.3, -0.25) is 9.78 Å². The van der Waals surface area contributed by atoms with E-state index in [2.05, 4.69) is 44.7 Å². The first kappa shape index (κ1) is 22.9. The molecule has 2 aromatic heterocycles. The van der Waals surface area contributed by atoms with Crippen LogP contribution in [0.15, 0.2) is 42.1 Å². The molecule has 7 nitrogen and oxygen atoms in total. The molecule has 0 N–H and O–H groups in total. The van der Waals surface area contributed by atoms with Crippen LogP contribution in [0.2, 0.25) is 0 Å². The molecule has 1 amide bonds. The summed E-state index contributed by atoms with van der Waals surface area (Å²) in [5, 5.41) is 2.06. The molecule has 0 bridgehead atoms. The van der Waals surface area contributed by atoms with Gasteiger partial charge >= 0.3 is 0 Å². The highest BCUT2D eigenvalue weighted by Crippen LogP contribution is 2.44. The Morgan fingerprint density at radius 3 is 2.70 bits per heavy atom. The average Bonchev–Trinajstić information content (AvgIpc) is 3.36. The number of carbonyl (C=O) groups is 1. The number of amides is 1. The number of thiophene rings is 1. The van der Waals surface area contributed by atoms with E-state index in [4.69, 9.17) is 9.47 Å². The molecule has 0 saturated carbocycles. The monoisotopic (exact) mass is 486 g/mol. The summed E-state index contributed by atoms with van der Waals surface area (Å²) in [7, 11) is 1.68. The van der Waals surface area contributed by atoms with E-state index in [-0.39, 0.29) is 11.5 Å². The van der Waals surface area contributed by atoms with Crippen LogP contribution in [0.25, 0.3) is 6.08 Å². The van der Waals surface area contributed by atoms with Gasteiger partial charge in [-0.15, -0.1) is 11.3 Å². The van der Waals surface area contributed by atoms with Crippen molar-refractivity contribution in [2.45, 2.75) is 31.1 Å². The minimum atomic E-state index is -0.733. The number of fused-ring (bicyclic) bond motifs is 1. The highest BCUT2D eigenvalue weighted by Gasteiger charge is 2.59. The highest BCUT2D eigenvalue weighted by molar-refractivity contribution is 8.00. The molecule has 1 atom stereocenters. The molecule has 0 aromatic carbocycles. The smallest absolute Gasteiger partial charge is 0.240 e. The topological polar surface area (TPSA) is 58.1 Å². The third kappa shape index (κ3) is 4.70. The van der Waals surface area contributed by atoms with Crippen molar-refractivity contribution in [1.82, 2.24) is 14.2 Å². The summed E-state index contributed by atoms with van der Waals surface area (Å²) in [6.45, 7) is 5.93. The average molecular weight is 487 g/mol. The predicted molar refractivity (Wildman–Crippen MR) is 133 cm³/mol. The molecule has 33 heavy (non-hydrogen) atoms. The Hall–Kier alpha value is -1.91. The van der Waals surface area contributed by atoms with Crippen LogP contribution >= 0.6 is 23.3 Å². The van der Waals surface area contributed by atoms with Crippen molar-refractivity contribution in [3.8, 4) is 0 Å². The standard InChI is InChI=1S/C24H30N4O3S2/c1-19-3-4-21(33-19)7-14-32-27-15-22(29)28-16-23(31-24(28,17-27)18-30-2)8-12-26(13-9-23)20-5-10-25-11-6-20/h3-7,10-11,14H,8-9,12-13,15-18H2,1-2H3/b14-7+. The second-order valence-electron chi connectivity index (χ2n) is 8.99. The molecule has 5 rings (SSSR count). The van der Waals surface area contributed by atoms with Gasteiger partial charge in [-0.1, -0.05) is 0 Å². The van der Waals surface area contributed by atoms with Gasteiger partial charge in [0.1, 0.15) is 0 Å². The van der Waals surface area contributed by atoms with E-state index in [1.807, 2.05) is 29.4 Å². The zero-order chi connectivity index (χ0) is 22.9. The first-order chi connectivity index (χ1) is 16.0. The number of carbonyl (C=O) groups excluding carboxylic acids is 1. The maximum atomic E-state index is 13.2. The van der Waals surface area contributed by atoms with Gasteiger partial charge in [0, 0.05) is 48.0 Å². The molecule has 176 valence electrons. The van der Waals surface area contributed by atoms with Crippen molar-refractivity contribution in [1.29, 1.82) is 0 Å². The Labute approximate surface area is 203 Å². The van der Waals surface area contributed by atoms with E-state index in [1.54, 1.807) is 30.4 Å². The van der Waals surface area contributed by atoms with Gasteiger partial charge in [0.25, 0.3) is 0 Å². The van der Waals surface area contributed by atoms with Crippen LogP contribution in [0.1, 0.15) is 22.6 Å². The molecule has 3 aliphatic heterocycles. The SMILES string of the molecule is COCC12CN(S/C=C/c3ccc(C)s3)CC(=O)N1CC1(CCN(c3ccncc3)CC1)O2. The van der Waals surface area contributed by atoms with Crippen LogP contribution in [0, 0.1) is 6.92 Å². The van der Waals surface area contributed by atoms with Gasteiger partial charge in [-0.05, 0) is 67.5 Å². The Morgan fingerprint density at radius 2 is 2.00 bits per heavy atom. The summed E-state index contributed by atoms with van der Waals surface area (Å²) >= 11 is 3.34. The lowest BCUT2D eigenvalue weighted by Crippen LogP contribution is -2.63. The fourth-order valence-corrected chi connectivity index (χ4v) is 6.80. The van der Waals surface area contributed by atoms with E-state index in [0.29, 0.717) is 26.2 Å². The van der Waals surface area contributed by atoms with Crippen LogP contribution < -0.4 is 4.90 Å². The zero-order valence-electron chi connectivity index (χ0n) is 19.1. The molecule has 0 aliphatic carbocycles. The molecule has 3 saturated heterocycles. The van der Waals surface area contributed by atoms with Crippen molar-refractivity contribution in [3.63, 3.8) is 0 Å². The maximum absolute atomic E-state index is 13.2. The normalized spacial score (nSPS) is 25.3. The Balaban J connectivity index is 1.28. The number of hydrogen-bond donors (Lipinski definition) is 0. The first-order valence-electron chi connectivity index (χ1n) is 11.3. The van der Waals surface area contributed by atoms with Gasteiger partial charge in [0.05, 0.1) is 31.8 Å². The number of piperidine rings is 1. The van der Waals surface area contributed by atoms with Crippen molar-refractivity contribution in [3.05, 3.63) is 51.8 Å². The van der Waals surface area contributed by atoms with Gasteiger partial charge in [-0.25, -0.2) is 4.31 Å². The van der Waals surface area contributed by atoms with E-state index in [9.17, 15) is 4.79 Å².